The second kappa shape index (κ2) is 7.77. The molecule has 1 atom stereocenters. The molecule has 3 nitrogen and oxygen atoms in total. The molecule has 2 N–H and O–H groups in total. The van der Waals surface area contributed by atoms with Crippen LogP contribution in [0.3, 0.4) is 0 Å². The van der Waals surface area contributed by atoms with Crippen molar-refractivity contribution in [3.8, 4) is 0 Å². The van der Waals surface area contributed by atoms with Crippen LogP contribution >= 0.6 is 0 Å². The van der Waals surface area contributed by atoms with Crippen molar-refractivity contribution in [2.45, 2.75) is 37.6 Å². The van der Waals surface area contributed by atoms with Gasteiger partial charge in [0.05, 0.1) is 18.8 Å². The van der Waals surface area contributed by atoms with Gasteiger partial charge in [0.2, 0.25) is 0 Å². The molecular formula is C17H27NO2. The number of ether oxygens (including phenoxy) is 1. The van der Waals surface area contributed by atoms with Gasteiger partial charge in [0, 0.05) is 6.61 Å². The van der Waals surface area contributed by atoms with Crippen LogP contribution in [0.2, 0.25) is 0 Å². The molecule has 0 aromatic heterocycles. The van der Waals surface area contributed by atoms with Gasteiger partial charge in [-0.1, -0.05) is 49.6 Å². The van der Waals surface area contributed by atoms with Crippen molar-refractivity contribution in [3.63, 3.8) is 0 Å². The van der Waals surface area contributed by atoms with Crippen molar-refractivity contribution < 1.29 is 9.84 Å². The molecule has 1 aromatic carbocycles. The minimum absolute atomic E-state index is 0.0399. The largest absolute Gasteiger partial charge is 0.394 e. The maximum Gasteiger partial charge on any atom is 0.0903 e. The minimum atomic E-state index is -0.490. The molecule has 1 unspecified atom stereocenters. The lowest BCUT2D eigenvalue weighted by molar-refractivity contribution is 0.0156. The Hall–Kier alpha value is -0.900. The average Bonchev–Trinajstić information content (AvgIpc) is 2.54. The van der Waals surface area contributed by atoms with Crippen LogP contribution in [0.5, 0.6) is 0 Å². The summed E-state index contributed by atoms with van der Waals surface area (Å²) in [6, 6.07) is 10.1. The van der Waals surface area contributed by atoms with E-state index in [-0.39, 0.29) is 6.61 Å². The van der Waals surface area contributed by atoms with Crippen LogP contribution in [0.1, 0.15) is 37.7 Å². The SMILES string of the molecule is CNC(CO)(COCC1CCCCC1)c1ccccc1. The molecule has 1 fully saturated rings. The number of aliphatic hydroxyl groups is 1. The minimum Gasteiger partial charge on any atom is -0.394 e. The lowest BCUT2D eigenvalue weighted by atomic mass is 9.89. The highest BCUT2D eigenvalue weighted by atomic mass is 16.5. The maximum atomic E-state index is 9.82. The van der Waals surface area contributed by atoms with Gasteiger partial charge in [-0.15, -0.1) is 0 Å². The molecule has 0 amide bonds. The van der Waals surface area contributed by atoms with E-state index >= 15 is 0 Å². The normalized spacial score (nSPS) is 19.7. The standard InChI is InChI=1S/C17H27NO2/c1-18-17(13-19,16-10-6-3-7-11-16)14-20-12-15-8-4-2-5-9-15/h3,6-7,10-11,15,18-19H,2,4-5,8-9,12-14H2,1H3. The van der Waals surface area contributed by atoms with E-state index < -0.39 is 5.54 Å². The monoisotopic (exact) mass is 277 g/mol. The Morgan fingerprint density at radius 1 is 1.20 bits per heavy atom. The zero-order chi connectivity index (χ0) is 14.3. The zero-order valence-corrected chi connectivity index (χ0v) is 12.5. The highest BCUT2D eigenvalue weighted by Gasteiger charge is 2.30. The molecule has 1 aliphatic rings. The summed E-state index contributed by atoms with van der Waals surface area (Å²) >= 11 is 0. The second-order valence-electron chi connectivity index (χ2n) is 5.88. The first-order valence-electron chi connectivity index (χ1n) is 7.74. The summed E-state index contributed by atoms with van der Waals surface area (Å²) in [5, 5.41) is 13.1. The fourth-order valence-electron chi connectivity index (χ4n) is 3.03. The van der Waals surface area contributed by atoms with Gasteiger partial charge in [-0.3, -0.25) is 0 Å². The van der Waals surface area contributed by atoms with E-state index in [0.29, 0.717) is 12.5 Å². The zero-order valence-electron chi connectivity index (χ0n) is 12.5. The number of hydrogen-bond donors (Lipinski definition) is 2. The van der Waals surface area contributed by atoms with Crippen molar-refractivity contribution >= 4 is 0 Å². The number of likely N-dealkylation sites (N-methyl/N-ethyl adjacent to an activating group) is 1. The van der Waals surface area contributed by atoms with E-state index in [1.54, 1.807) is 0 Å². The Labute approximate surface area is 122 Å². The number of rotatable bonds is 7. The van der Waals surface area contributed by atoms with Crippen LogP contribution in [0.25, 0.3) is 0 Å². The first-order chi connectivity index (χ1) is 9.80. The van der Waals surface area contributed by atoms with Crippen LogP contribution < -0.4 is 5.32 Å². The predicted octanol–water partition coefficient (Wildman–Crippen LogP) is 2.69. The van der Waals surface area contributed by atoms with Gasteiger partial charge >= 0.3 is 0 Å². The Morgan fingerprint density at radius 3 is 2.50 bits per heavy atom. The summed E-state index contributed by atoms with van der Waals surface area (Å²) < 4.78 is 5.95. The van der Waals surface area contributed by atoms with Gasteiger partial charge in [0.25, 0.3) is 0 Å². The first-order valence-corrected chi connectivity index (χ1v) is 7.74. The highest BCUT2D eigenvalue weighted by Crippen LogP contribution is 2.25. The van der Waals surface area contributed by atoms with Crippen LogP contribution in [0, 0.1) is 5.92 Å². The highest BCUT2D eigenvalue weighted by molar-refractivity contribution is 5.24. The Bertz CT molecular complexity index is 370. The van der Waals surface area contributed by atoms with Crippen molar-refractivity contribution in [3.05, 3.63) is 35.9 Å². The van der Waals surface area contributed by atoms with Crippen molar-refractivity contribution in [2.75, 3.05) is 26.9 Å². The molecule has 0 bridgehead atoms. The smallest absolute Gasteiger partial charge is 0.0903 e. The molecule has 1 aliphatic carbocycles. The Morgan fingerprint density at radius 2 is 1.90 bits per heavy atom. The lowest BCUT2D eigenvalue weighted by Gasteiger charge is -2.33. The van der Waals surface area contributed by atoms with E-state index in [9.17, 15) is 5.11 Å². The topological polar surface area (TPSA) is 41.5 Å². The van der Waals surface area contributed by atoms with Gasteiger partial charge in [-0.05, 0) is 31.4 Å². The summed E-state index contributed by atoms with van der Waals surface area (Å²) in [4.78, 5) is 0. The van der Waals surface area contributed by atoms with E-state index in [1.165, 1.54) is 32.1 Å². The van der Waals surface area contributed by atoms with Crippen LogP contribution in [-0.2, 0) is 10.3 Å². The summed E-state index contributed by atoms with van der Waals surface area (Å²) in [7, 11) is 1.88. The maximum absolute atomic E-state index is 9.82. The molecule has 0 spiro atoms. The molecule has 0 aliphatic heterocycles. The molecule has 20 heavy (non-hydrogen) atoms. The summed E-state index contributed by atoms with van der Waals surface area (Å²) in [6.07, 6.45) is 6.62. The molecule has 2 rings (SSSR count). The molecule has 0 saturated heterocycles. The van der Waals surface area contributed by atoms with Crippen molar-refractivity contribution in [2.24, 2.45) is 5.92 Å². The van der Waals surface area contributed by atoms with Gasteiger partial charge in [0.1, 0.15) is 0 Å². The van der Waals surface area contributed by atoms with Gasteiger partial charge < -0.3 is 15.2 Å². The molecule has 1 aromatic rings. The van der Waals surface area contributed by atoms with Crippen LogP contribution in [-0.4, -0.2) is 32.0 Å². The van der Waals surface area contributed by atoms with Crippen LogP contribution in [0.15, 0.2) is 30.3 Å². The molecule has 0 radical (unpaired) electrons. The number of aliphatic hydroxyl groups excluding tert-OH is 1. The number of benzene rings is 1. The molecule has 3 heteroatoms. The summed E-state index contributed by atoms with van der Waals surface area (Å²) in [5.74, 6) is 0.702. The molecule has 0 heterocycles. The lowest BCUT2D eigenvalue weighted by Crippen LogP contribution is -2.47. The van der Waals surface area contributed by atoms with E-state index in [1.807, 2.05) is 37.4 Å². The van der Waals surface area contributed by atoms with Gasteiger partial charge in [0.15, 0.2) is 0 Å². The van der Waals surface area contributed by atoms with Crippen LogP contribution in [0.4, 0.5) is 0 Å². The molecule has 112 valence electrons. The third kappa shape index (κ3) is 3.81. The fraction of sp³-hybridized carbons (Fsp3) is 0.647. The first kappa shape index (κ1) is 15.5. The average molecular weight is 277 g/mol. The quantitative estimate of drug-likeness (QED) is 0.805. The molecule has 1 saturated carbocycles. The second-order valence-corrected chi connectivity index (χ2v) is 5.88. The molecular weight excluding hydrogens is 250 g/mol. The third-order valence-corrected chi connectivity index (χ3v) is 4.50. The number of hydrogen-bond acceptors (Lipinski definition) is 3. The van der Waals surface area contributed by atoms with Gasteiger partial charge in [-0.25, -0.2) is 0 Å². The van der Waals surface area contributed by atoms with E-state index in [2.05, 4.69) is 5.32 Å². The van der Waals surface area contributed by atoms with Crippen molar-refractivity contribution in [1.29, 1.82) is 0 Å². The van der Waals surface area contributed by atoms with E-state index in [4.69, 9.17) is 4.74 Å². The summed E-state index contributed by atoms with van der Waals surface area (Å²) in [6.45, 7) is 1.37. The summed E-state index contributed by atoms with van der Waals surface area (Å²) in [5.41, 5.74) is 0.587. The van der Waals surface area contributed by atoms with Crippen molar-refractivity contribution in [1.82, 2.24) is 5.32 Å². The number of nitrogens with one attached hydrogen (secondary N) is 1. The third-order valence-electron chi connectivity index (χ3n) is 4.50. The van der Waals surface area contributed by atoms with E-state index in [0.717, 1.165) is 12.2 Å². The Kier molecular flexibility index (Phi) is 6.02. The van der Waals surface area contributed by atoms with Gasteiger partial charge in [-0.2, -0.15) is 0 Å². The Balaban J connectivity index is 1.91. The predicted molar refractivity (Wildman–Crippen MR) is 81.7 cm³/mol. The fourth-order valence-corrected chi connectivity index (χ4v) is 3.03.